The van der Waals surface area contributed by atoms with Gasteiger partial charge in [0.15, 0.2) is 5.96 Å². The highest BCUT2D eigenvalue weighted by Crippen LogP contribution is 2.36. The highest BCUT2D eigenvalue weighted by molar-refractivity contribution is 5.79. The summed E-state index contributed by atoms with van der Waals surface area (Å²) in [7, 11) is 1.73. The van der Waals surface area contributed by atoms with E-state index in [4.69, 9.17) is 19.2 Å². The first kappa shape index (κ1) is 21.5. The van der Waals surface area contributed by atoms with Crippen molar-refractivity contribution >= 4 is 5.96 Å². The van der Waals surface area contributed by atoms with Gasteiger partial charge >= 0.3 is 0 Å². The van der Waals surface area contributed by atoms with Gasteiger partial charge < -0.3 is 24.8 Å². The van der Waals surface area contributed by atoms with Crippen molar-refractivity contribution in [1.29, 1.82) is 0 Å². The van der Waals surface area contributed by atoms with E-state index in [0.717, 1.165) is 70.4 Å². The number of nitrogens with zero attached hydrogens (tertiary/aromatic N) is 1. The van der Waals surface area contributed by atoms with E-state index in [1.54, 1.807) is 7.11 Å². The van der Waals surface area contributed by atoms with Crippen molar-refractivity contribution in [2.24, 2.45) is 4.99 Å². The molecule has 2 N–H and O–H groups in total. The summed E-state index contributed by atoms with van der Waals surface area (Å²) in [6, 6.07) is 8.50. The van der Waals surface area contributed by atoms with E-state index >= 15 is 0 Å². The summed E-state index contributed by atoms with van der Waals surface area (Å²) in [6.45, 7) is 9.51. The Morgan fingerprint density at radius 2 is 1.89 bits per heavy atom. The lowest BCUT2D eigenvalue weighted by molar-refractivity contribution is 0.0531. The molecule has 6 heteroatoms. The first-order valence-electron chi connectivity index (χ1n) is 10.1. The Kier molecular flexibility index (Phi) is 9.42. The summed E-state index contributed by atoms with van der Waals surface area (Å²) in [5.74, 6) is 1.78. The van der Waals surface area contributed by atoms with Crippen LogP contribution in [0, 0.1) is 0 Å². The van der Waals surface area contributed by atoms with Gasteiger partial charge in [0.05, 0.1) is 13.2 Å². The third kappa shape index (κ3) is 6.70. The standard InChI is InChI=1S/C21H35N3O3/c1-4-22-20(23-13-6-14-25-3)24-17-21(11-15-26-16-12-21)18-7-9-19(10-8-18)27-5-2/h7-10H,4-6,11-17H2,1-3H3,(H2,22,23,24). The molecular weight excluding hydrogens is 342 g/mol. The molecule has 1 aromatic rings. The van der Waals surface area contributed by atoms with Crippen molar-refractivity contribution in [3.63, 3.8) is 0 Å². The lowest BCUT2D eigenvalue weighted by atomic mass is 9.74. The minimum absolute atomic E-state index is 0.0118. The number of benzene rings is 1. The zero-order valence-corrected chi connectivity index (χ0v) is 17.1. The fourth-order valence-electron chi connectivity index (χ4n) is 3.37. The number of aliphatic imine (C=N–C) groups is 1. The molecule has 152 valence electrons. The fraction of sp³-hybridized carbons (Fsp3) is 0.667. The van der Waals surface area contributed by atoms with Gasteiger partial charge in [-0.1, -0.05) is 12.1 Å². The van der Waals surface area contributed by atoms with Crippen LogP contribution in [0.15, 0.2) is 29.3 Å². The third-order valence-electron chi connectivity index (χ3n) is 4.93. The van der Waals surface area contributed by atoms with E-state index in [2.05, 4.69) is 41.8 Å². The minimum Gasteiger partial charge on any atom is -0.494 e. The van der Waals surface area contributed by atoms with E-state index in [0.29, 0.717) is 6.61 Å². The number of ether oxygens (including phenoxy) is 3. The van der Waals surface area contributed by atoms with E-state index in [9.17, 15) is 0 Å². The molecule has 0 bridgehead atoms. The van der Waals surface area contributed by atoms with Gasteiger partial charge in [0.1, 0.15) is 5.75 Å². The molecule has 1 saturated heterocycles. The number of rotatable bonds is 10. The van der Waals surface area contributed by atoms with E-state index in [1.807, 2.05) is 6.92 Å². The number of methoxy groups -OCH3 is 1. The van der Waals surface area contributed by atoms with Gasteiger partial charge in [-0.25, -0.2) is 0 Å². The molecule has 1 fully saturated rings. The van der Waals surface area contributed by atoms with Crippen LogP contribution in [0.5, 0.6) is 5.75 Å². The molecule has 1 heterocycles. The second-order valence-electron chi connectivity index (χ2n) is 6.82. The lowest BCUT2D eigenvalue weighted by Crippen LogP contribution is -2.41. The van der Waals surface area contributed by atoms with Crippen LogP contribution in [-0.4, -0.2) is 59.1 Å². The molecule has 0 atom stereocenters. The second-order valence-corrected chi connectivity index (χ2v) is 6.82. The van der Waals surface area contributed by atoms with Crippen LogP contribution in [0.1, 0.15) is 38.7 Å². The van der Waals surface area contributed by atoms with Gasteiger partial charge in [0.25, 0.3) is 0 Å². The molecule has 1 aromatic carbocycles. The summed E-state index contributed by atoms with van der Waals surface area (Å²) in [5.41, 5.74) is 1.32. The molecule has 0 amide bonds. The molecule has 2 rings (SSSR count). The SMILES string of the molecule is CCNC(=NCC1(c2ccc(OCC)cc2)CCOCC1)NCCCOC. The Labute approximate surface area is 163 Å². The Hall–Kier alpha value is -1.79. The molecule has 27 heavy (non-hydrogen) atoms. The van der Waals surface area contributed by atoms with E-state index in [-0.39, 0.29) is 5.41 Å². The second kappa shape index (κ2) is 11.8. The Balaban J connectivity index is 2.11. The first-order valence-corrected chi connectivity index (χ1v) is 10.1. The number of nitrogens with one attached hydrogen (secondary N) is 2. The number of hydrogen-bond donors (Lipinski definition) is 2. The van der Waals surface area contributed by atoms with Gasteiger partial charge in [0.2, 0.25) is 0 Å². The topological polar surface area (TPSA) is 64.1 Å². The maximum Gasteiger partial charge on any atom is 0.191 e. The Morgan fingerprint density at radius 3 is 2.52 bits per heavy atom. The molecular formula is C21H35N3O3. The van der Waals surface area contributed by atoms with Crippen LogP contribution in [0.2, 0.25) is 0 Å². The average Bonchev–Trinajstić information content (AvgIpc) is 2.71. The van der Waals surface area contributed by atoms with E-state index < -0.39 is 0 Å². The predicted molar refractivity (Wildman–Crippen MR) is 110 cm³/mol. The summed E-state index contributed by atoms with van der Waals surface area (Å²) in [5, 5.41) is 6.74. The molecule has 1 aliphatic rings. The third-order valence-corrected chi connectivity index (χ3v) is 4.93. The van der Waals surface area contributed by atoms with Crippen molar-refractivity contribution in [2.45, 2.75) is 38.5 Å². The minimum atomic E-state index is 0.0118. The number of guanidine groups is 1. The van der Waals surface area contributed by atoms with Crippen LogP contribution in [-0.2, 0) is 14.9 Å². The van der Waals surface area contributed by atoms with Gasteiger partial charge in [-0.2, -0.15) is 0 Å². The highest BCUT2D eigenvalue weighted by atomic mass is 16.5. The molecule has 0 radical (unpaired) electrons. The first-order chi connectivity index (χ1) is 13.2. The van der Waals surface area contributed by atoms with Gasteiger partial charge in [-0.05, 0) is 50.8 Å². The smallest absolute Gasteiger partial charge is 0.191 e. The highest BCUT2D eigenvalue weighted by Gasteiger charge is 2.34. The quantitative estimate of drug-likeness (QED) is 0.373. The van der Waals surface area contributed by atoms with Crippen molar-refractivity contribution in [3.8, 4) is 5.75 Å². The lowest BCUT2D eigenvalue weighted by Gasteiger charge is -2.36. The maximum atomic E-state index is 5.64. The molecule has 0 unspecified atom stereocenters. The summed E-state index contributed by atoms with van der Waals surface area (Å²) in [4.78, 5) is 4.91. The molecule has 1 aliphatic heterocycles. The zero-order valence-electron chi connectivity index (χ0n) is 17.1. The fourth-order valence-corrected chi connectivity index (χ4v) is 3.37. The van der Waals surface area contributed by atoms with Crippen LogP contribution in [0.4, 0.5) is 0 Å². The van der Waals surface area contributed by atoms with Crippen LogP contribution >= 0.6 is 0 Å². The van der Waals surface area contributed by atoms with Gasteiger partial charge in [-0.3, -0.25) is 4.99 Å². The molecule has 0 aliphatic carbocycles. The normalized spacial score (nSPS) is 16.8. The van der Waals surface area contributed by atoms with Crippen molar-refractivity contribution in [2.75, 3.05) is 53.2 Å². The van der Waals surface area contributed by atoms with Crippen LogP contribution in [0.3, 0.4) is 0 Å². The molecule has 6 nitrogen and oxygen atoms in total. The predicted octanol–water partition coefficient (Wildman–Crippen LogP) is 2.73. The van der Waals surface area contributed by atoms with Crippen molar-refractivity contribution < 1.29 is 14.2 Å². The Bertz CT molecular complexity index is 554. The molecule has 0 aromatic heterocycles. The van der Waals surface area contributed by atoms with Gasteiger partial charge in [0, 0.05) is 45.4 Å². The van der Waals surface area contributed by atoms with Crippen molar-refractivity contribution in [3.05, 3.63) is 29.8 Å². The molecule has 0 saturated carbocycles. The maximum absolute atomic E-state index is 5.64. The average molecular weight is 378 g/mol. The Morgan fingerprint density at radius 1 is 1.15 bits per heavy atom. The van der Waals surface area contributed by atoms with E-state index in [1.165, 1.54) is 5.56 Å². The monoisotopic (exact) mass is 377 g/mol. The summed E-state index contributed by atoms with van der Waals surface area (Å²) < 4.78 is 16.3. The number of hydrogen-bond acceptors (Lipinski definition) is 4. The van der Waals surface area contributed by atoms with Gasteiger partial charge in [-0.15, -0.1) is 0 Å². The van der Waals surface area contributed by atoms with Crippen LogP contribution in [0.25, 0.3) is 0 Å². The summed E-state index contributed by atoms with van der Waals surface area (Å²) >= 11 is 0. The largest absolute Gasteiger partial charge is 0.494 e. The summed E-state index contributed by atoms with van der Waals surface area (Å²) in [6.07, 6.45) is 2.92. The van der Waals surface area contributed by atoms with Crippen molar-refractivity contribution in [1.82, 2.24) is 10.6 Å². The van der Waals surface area contributed by atoms with Crippen LogP contribution < -0.4 is 15.4 Å². The zero-order chi connectivity index (χ0) is 19.4. The molecule has 0 spiro atoms.